The number of nitrogens with one attached hydrogen (secondary N) is 2. The van der Waals surface area contributed by atoms with Crippen LogP contribution in [0.2, 0.25) is 0 Å². The number of thiazole rings is 1. The second-order valence-electron chi connectivity index (χ2n) is 5.97. The van der Waals surface area contributed by atoms with Crippen molar-refractivity contribution in [2.75, 3.05) is 12.4 Å². The fraction of sp³-hybridized carbons (Fsp3) is 0.150. The fourth-order valence-corrected chi connectivity index (χ4v) is 3.39. The van der Waals surface area contributed by atoms with Gasteiger partial charge in [-0.05, 0) is 73.6 Å². The number of hydrogen-bond acceptors (Lipinski definition) is 5. The van der Waals surface area contributed by atoms with Crippen LogP contribution in [0.15, 0.2) is 47.8 Å². The van der Waals surface area contributed by atoms with Crippen LogP contribution in [0.1, 0.15) is 21.5 Å². The van der Waals surface area contributed by atoms with Gasteiger partial charge < -0.3 is 10.1 Å². The van der Waals surface area contributed by atoms with E-state index in [-0.39, 0.29) is 11.0 Å². The molecule has 1 aromatic heterocycles. The maximum absolute atomic E-state index is 12.3. The molecule has 5 nitrogen and oxygen atoms in total. The molecular weight excluding hydrogens is 378 g/mol. The van der Waals surface area contributed by atoms with E-state index in [1.54, 1.807) is 13.2 Å². The highest BCUT2D eigenvalue weighted by molar-refractivity contribution is 7.80. The number of nitrogens with zero attached hydrogens (tertiary/aromatic N) is 1. The number of thiocarbonyl (C=S) groups is 1. The van der Waals surface area contributed by atoms with Crippen molar-refractivity contribution in [3.8, 4) is 17.0 Å². The van der Waals surface area contributed by atoms with Gasteiger partial charge in [-0.2, -0.15) is 0 Å². The molecule has 0 aliphatic carbocycles. The van der Waals surface area contributed by atoms with Crippen molar-refractivity contribution in [3.63, 3.8) is 0 Å². The van der Waals surface area contributed by atoms with Gasteiger partial charge in [-0.3, -0.25) is 10.1 Å². The molecule has 2 aromatic carbocycles. The number of carbonyl (C=O) groups is 1. The Hall–Kier alpha value is -2.77. The molecule has 0 saturated carbocycles. The number of anilines is 1. The Morgan fingerprint density at radius 1 is 1.11 bits per heavy atom. The first-order chi connectivity index (χ1) is 13.0. The molecule has 27 heavy (non-hydrogen) atoms. The number of aryl methyl sites for hydroxylation is 2. The molecule has 1 amide bonds. The van der Waals surface area contributed by atoms with Crippen LogP contribution in [-0.4, -0.2) is 23.1 Å². The Balaban J connectivity index is 1.63. The minimum atomic E-state index is -0.248. The van der Waals surface area contributed by atoms with Gasteiger partial charge in [-0.25, -0.2) is 4.98 Å². The van der Waals surface area contributed by atoms with Crippen LogP contribution in [0.25, 0.3) is 11.3 Å². The van der Waals surface area contributed by atoms with E-state index < -0.39 is 0 Å². The maximum atomic E-state index is 12.3. The number of carbonyl (C=O) groups excluding carboxylic acids is 1. The Morgan fingerprint density at radius 3 is 2.52 bits per heavy atom. The summed E-state index contributed by atoms with van der Waals surface area (Å²) >= 11 is 6.65. The predicted molar refractivity (Wildman–Crippen MR) is 114 cm³/mol. The van der Waals surface area contributed by atoms with Crippen molar-refractivity contribution < 1.29 is 9.53 Å². The van der Waals surface area contributed by atoms with E-state index in [2.05, 4.69) is 15.6 Å². The molecule has 0 aliphatic heterocycles. The van der Waals surface area contributed by atoms with Crippen molar-refractivity contribution in [1.82, 2.24) is 10.3 Å². The van der Waals surface area contributed by atoms with Crippen molar-refractivity contribution in [1.29, 1.82) is 0 Å². The second-order valence-corrected chi connectivity index (χ2v) is 7.24. The second kappa shape index (κ2) is 8.28. The number of rotatable bonds is 4. The SMILES string of the molecule is COc1ccc(-c2csc(NC(=S)NC(=O)c3ccc(C)c(C)c3)n2)cc1. The first kappa shape index (κ1) is 19.0. The molecule has 1 heterocycles. The third kappa shape index (κ3) is 4.69. The van der Waals surface area contributed by atoms with Crippen LogP contribution < -0.4 is 15.4 Å². The Bertz CT molecular complexity index is 981. The van der Waals surface area contributed by atoms with Crippen LogP contribution >= 0.6 is 23.6 Å². The van der Waals surface area contributed by atoms with E-state index in [1.165, 1.54) is 11.3 Å². The summed E-state index contributed by atoms with van der Waals surface area (Å²) in [5.74, 6) is 0.546. The number of amides is 1. The molecule has 0 bridgehead atoms. The van der Waals surface area contributed by atoms with E-state index in [1.807, 2.05) is 55.6 Å². The topological polar surface area (TPSA) is 63.2 Å². The van der Waals surface area contributed by atoms with Crippen molar-refractivity contribution in [2.45, 2.75) is 13.8 Å². The van der Waals surface area contributed by atoms with E-state index in [9.17, 15) is 4.79 Å². The maximum Gasteiger partial charge on any atom is 0.257 e. The van der Waals surface area contributed by atoms with Gasteiger partial charge in [0.2, 0.25) is 0 Å². The molecule has 0 aliphatic rings. The zero-order valence-electron chi connectivity index (χ0n) is 15.2. The minimum Gasteiger partial charge on any atom is -0.497 e. The Labute approximate surface area is 167 Å². The fourth-order valence-electron chi connectivity index (χ4n) is 2.41. The first-order valence-corrected chi connectivity index (χ1v) is 9.54. The first-order valence-electron chi connectivity index (χ1n) is 8.26. The van der Waals surface area contributed by atoms with E-state index >= 15 is 0 Å². The summed E-state index contributed by atoms with van der Waals surface area (Å²) in [4.78, 5) is 16.8. The van der Waals surface area contributed by atoms with Gasteiger partial charge >= 0.3 is 0 Å². The number of aromatic nitrogens is 1. The monoisotopic (exact) mass is 397 g/mol. The van der Waals surface area contributed by atoms with Gasteiger partial charge in [0.25, 0.3) is 5.91 Å². The molecule has 0 fully saturated rings. The summed E-state index contributed by atoms with van der Waals surface area (Å²) in [6.07, 6.45) is 0. The quantitative estimate of drug-likeness (QED) is 0.632. The van der Waals surface area contributed by atoms with Gasteiger partial charge in [0.15, 0.2) is 10.2 Å². The van der Waals surface area contributed by atoms with Crippen LogP contribution in [0.5, 0.6) is 5.75 Å². The highest BCUT2D eigenvalue weighted by atomic mass is 32.1. The van der Waals surface area contributed by atoms with Crippen molar-refractivity contribution in [2.24, 2.45) is 0 Å². The van der Waals surface area contributed by atoms with E-state index in [0.29, 0.717) is 10.7 Å². The third-order valence-electron chi connectivity index (χ3n) is 4.11. The number of methoxy groups -OCH3 is 1. The summed E-state index contributed by atoms with van der Waals surface area (Å²) in [6.45, 7) is 3.98. The van der Waals surface area contributed by atoms with Gasteiger partial charge in [0, 0.05) is 16.5 Å². The largest absolute Gasteiger partial charge is 0.497 e. The molecule has 2 N–H and O–H groups in total. The normalized spacial score (nSPS) is 10.3. The molecule has 0 spiro atoms. The molecule has 138 valence electrons. The predicted octanol–water partition coefficient (Wildman–Crippen LogP) is 4.56. The Kier molecular flexibility index (Phi) is 5.83. The summed E-state index contributed by atoms with van der Waals surface area (Å²) in [6, 6.07) is 13.2. The summed E-state index contributed by atoms with van der Waals surface area (Å²) in [7, 11) is 1.63. The average molecular weight is 398 g/mol. The highest BCUT2D eigenvalue weighted by Crippen LogP contribution is 2.26. The third-order valence-corrected chi connectivity index (χ3v) is 5.07. The lowest BCUT2D eigenvalue weighted by molar-refractivity contribution is 0.0977. The zero-order chi connectivity index (χ0) is 19.4. The molecule has 0 atom stereocenters. The van der Waals surface area contributed by atoms with Crippen LogP contribution in [0.3, 0.4) is 0 Å². The van der Waals surface area contributed by atoms with Crippen LogP contribution in [-0.2, 0) is 0 Å². The van der Waals surface area contributed by atoms with Crippen molar-refractivity contribution in [3.05, 3.63) is 64.5 Å². The van der Waals surface area contributed by atoms with E-state index in [0.717, 1.165) is 28.1 Å². The number of ether oxygens (including phenoxy) is 1. The average Bonchev–Trinajstić information content (AvgIpc) is 3.12. The number of benzene rings is 2. The van der Waals surface area contributed by atoms with E-state index in [4.69, 9.17) is 17.0 Å². The molecule has 3 aromatic rings. The lowest BCUT2D eigenvalue weighted by Gasteiger charge is -2.08. The van der Waals surface area contributed by atoms with Gasteiger partial charge in [0.1, 0.15) is 5.75 Å². The minimum absolute atomic E-state index is 0.217. The standard InChI is InChI=1S/C20H19N3O2S2/c1-12-4-5-15(10-13(12)2)18(24)22-19(26)23-20-21-17(11-27-20)14-6-8-16(25-3)9-7-14/h4-11H,1-3H3,(H2,21,22,23,24,26). The molecule has 0 unspecified atom stereocenters. The Morgan fingerprint density at radius 2 is 1.85 bits per heavy atom. The van der Waals surface area contributed by atoms with Crippen LogP contribution in [0, 0.1) is 13.8 Å². The van der Waals surface area contributed by atoms with Crippen LogP contribution in [0.4, 0.5) is 5.13 Å². The highest BCUT2D eigenvalue weighted by Gasteiger charge is 2.11. The number of hydrogen-bond donors (Lipinski definition) is 2. The summed E-state index contributed by atoms with van der Waals surface area (Å²) < 4.78 is 5.16. The van der Waals surface area contributed by atoms with Gasteiger partial charge in [-0.15, -0.1) is 11.3 Å². The lowest BCUT2D eigenvalue weighted by Crippen LogP contribution is -2.34. The molecule has 0 saturated heterocycles. The molecule has 0 radical (unpaired) electrons. The lowest BCUT2D eigenvalue weighted by atomic mass is 10.1. The summed E-state index contributed by atoms with van der Waals surface area (Å²) in [5.41, 5.74) is 4.57. The smallest absolute Gasteiger partial charge is 0.257 e. The molecule has 3 rings (SSSR count). The summed E-state index contributed by atoms with van der Waals surface area (Å²) in [5, 5.41) is 8.41. The molecular formula is C20H19N3O2S2. The molecule has 7 heteroatoms. The zero-order valence-corrected chi connectivity index (χ0v) is 16.8. The van der Waals surface area contributed by atoms with Gasteiger partial charge in [0.05, 0.1) is 12.8 Å². The van der Waals surface area contributed by atoms with Gasteiger partial charge in [-0.1, -0.05) is 6.07 Å². The van der Waals surface area contributed by atoms with Crippen molar-refractivity contribution >= 4 is 39.7 Å².